The Morgan fingerprint density at radius 1 is 1.37 bits per heavy atom. The van der Waals surface area contributed by atoms with Crippen molar-refractivity contribution in [1.29, 1.82) is 0 Å². The zero-order chi connectivity index (χ0) is 14.4. The molecule has 1 heterocycles. The van der Waals surface area contributed by atoms with Crippen LogP contribution in [0.5, 0.6) is 5.75 Å². The summed E-state index contributed by atoms with van der Waals surface area (Å²) in [7, 11) is -5.03. The summed E-state index contributed by atoms with van der Waals surface area (Å²) >= 11 is 0. The third-order valence-corrected chi connectivity index (χ3v) is 3.14. The Bertz CT molecular complexity index is 741. The van der Waals surface area contributed by atoms with Crippen LogP contribution in [0.3, 0.4) is 0 Å². The minimum Gasteiger partial charge on any atom is -0.494 e. The van der Waals surface area contributed by atoms with Gasteiger partial charge in [0.1, 0.15) is 0 Å². The van der Waals surface area contributed by atoms with Crippen LogP contribution in [0.1, 0.15) is 5.82 Å². The molecule has 0 aliphatic heterocycles. The smallest absolute Gasteiger partial charge is 0.430 e. The first-order chi connectivity index (χ1) is 8.66. The molecule has 104 valence electrons. The van der Waals surface area contributed by atoms with E-state index in [1.807, 2.05) is 4.98 Å². The van der Waals surface area contributed by atoms with Gasteiger partial charge in [0, 0.05) is 12.1 Å². The van der Waals surface area contributed by atoms with E-state index in [4.69, 9.17) is 0 Å². The van der Waals surface area contributed by atoms with Crippen LogP contribution in [-0.4, -0.2) is 25.5 Å². The first kappa shape index (κ1) is 13.6. The number of imidazole rings is 1. The lowest BCUT2D eigenvalue weighted by molar-refractivity contribution is 0.0755. The molecule has 0 radical (unpaired) electrons. The maximum Gasteiger partial charge on any atom is 0.430 e. The highest BCUT2D eigenvalue weighted by Gasteiger charge is 2.50. The monoisotopic (exact) mass is 298 g/mol. The molecule has 1 aromatic carbocycles. The molecule has 0 aliphatic rings. The van der Waals surface area contributed by atoms with Gasteiger partial charge in [-0.1, -0.05) is 3.89 Å². The van der Waals surface area contributed by atoms with Gasteiger partial charge in [0.25, 0.3) is 0 Å². The standard InChI is InChI=1S/C9H6F4N2O3S/c1-18-7-3-6-5(2-4(7)10)14-8(15-6)9(11,12)19(13,16)17/h2-3H,1H3,(H,14,15). The van der Waals surface area contributed by atoms with Crippen molar-refractivity contribution in [2.75, 3.05) is 7.11 Å². The predicted octanol–water partition coefficient (Wildman–Crippen LogP) is 2.06. The number of rotatable bonds is 3. The summed E-state index contributed by atoms with van der Waals surface area (Å²) in [6.45, 7) is 0. The van der Waals surface area contributed by atoms with Crippen LogP contribution in [0, 0.1) is 5.82 Å². The second kappa shape index (κ2) is 4.08. The van der Waals surface area contributed by atoms with Crippen molar-refractivity contribution in [3.63, 3.8) is 0 Å². The molecule has 0 fully saturated rings. The summed E-state index contributed by atoms with van der Waals surface area (Å²) in [6.07, 6.45) is 0. The van der Waals surface area contributed by atoms with E-state index in [9.17, 15) is 25.5 Å². The van der Waals surface area contributed by atoms with Gasteiger partial charge in [0.05, 0.1) is 18.1 Å². The van der Waals surface area contributed by atoms with Crippen molar-refractivity contribution >= 4 is 21.3 Å². The summed E-state index contributed by atoms with van der Waals surface area (Å²) in [5.74, 6) is -2.56. The molecule has 0 atom stereocenters. The van der Waals surface area contributed by atoms with Gasteiger partial charge < -0.3 is 9.72 Å². The Morgan fingerprint density at radius 3 is 2.53 bits per heavy atom. The van der Waals surface area contributed by atoms with E-state index in [-0.39, 0.29) is 16.8 Å². The molecule has 2 rings (SSSR count). The van der Waals surface area contributed by atoms with Gasteiger partial charge >= 0.3 is 15.5 Å². The van der Waals surface area contributed by atoms with Crippen molar-refractivity contribution in [3.05, 3.63) is 23.8 Å². The highest BCUT2D eigenvalue weighted by molar-refractivity contribution is 7.87. The van der Waals surface area contributed by atoms with Crippen LogP contribution in [-0.2, 0) is 15.5 Å². The summed E-state index contributed by atoms with van der Waals surface area (Å²) in [6, 6.07) is 1.76. The number of fused-ring (bicyclic) bond motifs is 1. The van der Waals surface area contributed by atoms with E-state index in [1.165, 1.54) is 0 Å². The van der Waals surface area contributed by atoms with Gasteiger partial charge in [-0.3, -0.25) is 0 Å². The van der Waals surface area contributed by atoms with Crippen LogP contribution in [0.4, 0.5) is 17.1 Å². The number of hydrogen-bond acceptors (Lipinski definition) is 4. The SMILES string of the molecule is COc1cc2nc(C(F)(F)S(=O)(=O)F)[nH]c2cc1F. The molecule has 5 nitrogen and oxygen atoms in total. The number of nitrogens with one attached hydrogen (secondary N) is 1. The number of nitrogens with zero attached hydrogens (tertiary/aromatic N) is 1. The van der Waals surface area contributed by atoms with Crippen LogP contribution in [0.25, 0.3) is 11.0 Å². The van der Waals surface area contributed by atoms with Crippen LogP contribution in [0.2, 0.25) is 0 Å². The molecule has 10 heteroatoms. The van der Waals surface area contributed by atoms with E-state index in [0.717, 1.165) is 19.2 Å². The second-order valence-corrected chi connectivity index (χ2v) is 4.93. The molecule has 0 amide bonds. The first-order valence-corrected chi connectivity index (χ1v) is 6.11. The lowest BCUT2D eigenvalue weighted by Gasteiger charge is -2.06. The average Bonchev–Trinajstić information content (AvgIpc) is 2.69. The Hall–Kier alpha value is -1.84. The van der Waals surface area contributed by atoms with Gasteiger partial charge in [-0.2, -0.15) is 17.2 Å². The molecular weight excluding hydrogens is 292 g/mol. The topological polar surface area (TPSA) is 72.0 Å². The van der Waals surface area contributed by atoms with Gasteiger partial charge in [0.15, 0.2) is 17.4 Å². The zero-order valence-electron chi connectivity index (χ0n) is 9.25. The van der Waals surface area contributed by atoms with Crippen molar-refractivity contribution in [2.45, 2.75) is 5.25 Å². The van der Waals surface area contributed by atoms with Crippen LogP contribution >= 0.6 is 0 Å². The molecule has 0 saturated heterocycles. The third-order valence-electron chi connectivity index (χ3n) is 2.34. The average molecular weight is 298 g/mol. The van der Waals surface area contributed by atoms with Gasteiger partial charge in [-0.05, 0) is 0 Å². The maximum absolute atomic E-state index is 13.3. The van der Waals surface area contributed by atoms with Crippen molar-refractivity contribution < 1.29 is 30.2 Å². The van der Waals surface area contributed by atoms with E-state index >= 15 is 0 Å². The summed E-state index contributed by atoms with van der Waals surface area (Å²) in [5.41, 5.74) is -0.395. The number of methoxy groups -OCH3 is 1. The number of benzene rings is 1. The fourth-order valence-electron chi connectivity index (χ4n) is 1.42. The summed E-state index contributed by atoms with van der Waals surface area (Å²) < 4.78 is 77.5. The number of aromatic nitrogens is 2. The highest BCUT2D eigenvalue weighted by atomic mass is 32.3. The molecule has 0 aliphatic carbocycles. The zero-order valence-corrected chi connectivity index (χ0v) is 10.1. The highest BCUT2D eigenvalue weighted by Crippen LogP contribution is 2.35. The van der Waals surface area contributed by atoms with Gasteiger partial charge in [-0.15, -0.1) is 0 Å². The van der Waals surface area contributed by atoms with Crippen molar-refractivity contribution in [1.82, 2.24) is 9.97 Å². The van der Waals surface area contributed by atoms with Crippen LogP contribution in [0.15, 0.2) is 12.1 Å². The quantitative estimate of drug-likeness (QED) is 0.695. The van der Waals surface area contributed by atoms with E-state index in [1.54, 1.807) is 0 Å². The van der Waals surface area contributed by atoms with Crippen molar-refractivity contribution in [3.8, 4) is 5.75 Å². The molecule has 1 N–H and O–H groups in total. The minimum atomic E-state index is -6.18. The molecule has 0 saturated carbocycles. The summed E-state index contributed by atoms with van der Waals surface area (Å²) in [5, 5.41) is -4.84. The largest absolute Gasteiger partial charge is 0.494 e. The summed E-state index contributed by atoms with van der Waals surface area (Å²) in [4.78, 5) is 5.09. The van der Waals surface area contributed by atoms with E-state index in [0.29, 0.717) is 0 Å². The lowest BCUT2D eigenvalue weighted by Crippen LogP contribution is -2.23. The van der Waals surface area contributed by atoms with Crippen LogP contribution < -0.4 is 4.74 Å². The van der Waals surface area contributed by atoms with Gasteiger partial charge in [0.2, 0.25) is 0 Å². The normalized spacial score (nSPS) is 12.9. The molecule has 0 spiro atoms. The first-order valence-electron chi connectivity index (χ1n) is 4.72. The Labute approximate surface area is 104 Å². The number of halogens is 4. The Balaban J connectivity index is 2.66. The third kappa shape index (κ3) is 2.11. The molecule has 0 unspecified atom stereocenters. The number of hydrogen-bond donors (Lipinski definition) is 1. The van der Waals surface area contributed by atoms with Crippen molar-refractivity contribution in [2.24, 2.45) is 0 Å². The predicted molar refractivity (Wildman–Crippen MR) is 56.5 cm³/mol. The number of aromatic amines is 1. The van der Waals surface area contributed by atoms with E-state index in [2.05, 4.69) is 9.72 Å². The fraction of sp³-hybridized carbons (Fsp3) is 0.222. The second-order valence-electron chi connectivity index (χ2n) is 3.54. The van der Waals surface area contributed by atoms with E-state index < -0.39 is 27.1 Å². The fourth-order valence-corrected chi connectivity index (χ4v) is 1.75. The Morgan fingerprint density at radius 2 is 2.00 bits per heavy atom. The molecule has 1 aromatic heterocycles. The number of H-pyrrole nitrogens is 1. The number of ether oxygens (including phenoxy) is 1. The van der Waals surface area contributed by atoms with Gasteiger partial charge in [-0.25, -0.2) is 9.37 Å². The molecule has 0 bridgehead atoms. The molecular formula is C9H6F4N2O3S. The maximum atomic E-state index is 13.3. The lowest BCUT2D eigenvalue weighted by atomic mass is 10.3. The minimum absolute atomic E-state index is 0.184. The number of alkyl halides is 2. The molecule has 2 aromatic rings. The Kier molecular flexibility index (Phi) is 2.92. The molecule has 19 heavy (non-hydrogen) atoms.